The predicted octanol–water partition coefficient (Wildman–Crippen LogP) is 4.92. The monoisotopic (exact) mass is 438 g/mol. The third kappa shape index (κ3) is 3.31. The third-order valence-corrected chi connectivity index (χ3v) is 5.23. The van der Waals surface area contributed by atoms with Crippen LogP contribution in [0.25, 0.3) is 28.1 Å². The second-order valence-corrected chi connectivity index (χ2v) is 7.27. The first-order chi connectivity index (χ1) is 15.3. The molecule has 9 heteroatoms. The van der Waals surface area contributed by atoms with Crippen LogP contribution >= 0.6 is 0 Å². The summed E-state index contributed by atoms with van der Waals surface area (Å²) in [5, 5.41) is 8.75. The molecular weight excluding hydrogens is 424 g/mol. The van der Waals surface area contributed by atoms with Crippen LogP contribution in [-0.2, 0) is 12.7 Å². The maximum atomic E-state index is 13.3. The molecule has 2 heterocycles. The summed E-state index contributed by atoms with van der Waals surface area (Å²) < 4.78 is 55.2. The highest BCUT2D eigenvalue weighted by molar-refractivity contribution is 5.82. The molecule has 0 spiro atoms. The van der Waals surface area contributed by atoms with Gasteiger partial charge < -0.3 is 0 Å². The molecule has 0 atom stereocenters. The van der Waals surface area contributed by atoms with E-state index in [0.29, 0.717) is 27.9 Å². The van der Waals surface area contributed by atoms with Gasteiger partial charge in [0.05, 0.1) is 23.0 Å². The van der Waals surface area contributed by atoms with Crippen LogP contribution in [0, 0.1) is 5.82 Å². The maximum absolute atomic E-state index is 13.3. The van der Waals surface area contributed by atoms with Gasteiger partial charge >= 0.3 is 6.18 Å². The van der Waals surface area contributed by atoms with Gasteiger partial charge in [0.25, 0.3) is 5.56 Å². The number of rotatable bonds is 3. The summed E-state index contributed by atoms with van der Waals surface area (Å²) in [4.78, 5) is 13.2. The van der Waals surface area contributed by atoms with Gasteiger partial charge in [0, 0.05) is 5.56 Å². The SMILES string of the molecule is O=c1c2ccccc2n2c(-c3ccc(C(F)(F)F)cc3)nnc2n1Cc1ccc(F)cc1. The standard InChI is InChI=1S/C23H14F4N4O/c24-17-11-5-14(6-12-17)13-30-21(32)18-3-1-2-4-19(18)31-20(28-29-22(30)31)15-7-9-16(10-8-15)23(25,26)27/h1-12H,13H2. The summed E-state index contributed by atoms with van der Waals surface area (Å²) in [5.41, 5.74) is 0.562. The van der Waals surface area contributed by atoms with Gasteiger partial charge in [-0.05, 0) is 42.0 Å². The molecule has 0 fully saturated rings. The van der Waals surface area contributed by atoms with Crippen LogP contribution in [0.5, 0.6) is 0 Å². The predicted molar refractivity (Wildman–Crippen MR) is 111 cm³/mol. The largest absolute Gasteiger partial charge is 0.416 e. The third-order valence-electron chi connectivity index (χ3n) is 5.23. The first-order valence-corrected chi connectivity index (χ1v) is 9.62. The van der Waals surface area contributed by atoms with Crippen molar-refractivity contribution in [3.63, 3.8) is 0 Å². The Hall–Kier alpha value is -4.01. The lowest BCUT2D eigenvalue weighted by atomic mass is 10.1. The Kier molecular flexibility index (Phi) is 4.54. The fraction of sp³-hybridized carbons (Fsp3) is 0.0870. The van der Waals surface area contributed by atoms with Crippen molar-refractivity contribution in [2.24, 2.45) is 0 Å². The van der Waals surface area contributed by atoms with Crippen molar-refractivity contribution >= 4 is 16.7 Å². The molecule has 0 saturated heterocycles. The zero-order valence-corrected chi connectivity index (χ0v) is 16.3. The quantitative estimate of drug-likeness (QED) is 0.376. The van der Waals surface area contributed by atoms with Gasteiger partial charge in [-0.15, -0.1) is 10.2 Å². The second kappa shape index (κ2) is 7.30. The highest BCUT2D eigenvalue weighted by atomic mass is 19.4. The maximum Gasteiger partial charge on any atom is 0.416 e. The topological polar surface area (TPSA) is 52.2 Å². The van der Waals surface area contributed by atoms with E-state index in [1.54, 1.807) is 40.8 Å². The molecule has 0 aliphatic carbocycles. The molecule has 0 radical (unpaired) electrons. The molecule has 32 heavy (non-hydrogen) atoms. The van der Waals surface area contributed by atoms with Crippen LogP contribution in [0.2, 0.25) is 0 Å². The number of hydrogen-bond acceptors (Lipinski definition) is 3. The highest BCUT2D eigenvalue weighted by Crippen LogP contribution is 2.31. The fourth-order valence-corrected chi connectivity index (χ4v) is 3.67. The average molecular weight is 438 g/mol. The average Bonchev–Trinajstić information content (AvgIpc) is 3.23. The van der Waals surface area contributed by atoms with Crippen molar-refractivity contribution in [1.29, 1.82) is 0 Å². The number of benzene rings is 3. The lowest BCUT2D eigenvalue weighted by molar-refractivity contribution is -0.137. The van der Waals surface area contributed by atoms with Gasteiger partial charge in [-0.3, -0.25) is 13.8 Å². The molecule has 0 saturated carbocycles. The zero-order chi connectivity index (χ0) is 22.5. The van der Waals surface area contributed by atoms with E-state index >= 15 is 0 Å². The molecular formula is C23H14F4N4O. The summed E-state index contributed by atoms with van der Waals surface area (Å²) in [6.45, 7) is 0.124. The van der Waals surface area contributed by atoms with Crippen molar-refractivity contribution in [3.05, 3.63) is 100 Å². The molecule has 2 aromatic heterocycles. The number of fused-ring (bicyclic) bond motifs is 3. The minimum absolute atomic E-state index is 0.124. The first-order valence-electron chi connectivity index (χ1n) is 9.62. The molecule has 0 unspecified atom stereocenters. The van der Waals surface area contributed by atoms with Gasteiger partial charge in [0.15, 0.2) is 5.82 Å². The summed E-state index contributed by atoms with van der Waals surface area (Å²) in [7, 11) is 0. The number of para-hydroxylation sites is 1. The van der Waals surface area contributed by atoms with E-state index in [2.05, 4.69) is 10.2 Å². The molecule has 3 aromatic carbocycles. The molecule has 5 nitrogen and oxygen atoms in total. The summed E-state index contributed by atoms with van der Waals surface area (Å²) in [6.07, 6.45) is -4.45. The lowest BCUT2D eigenvalue weighted by Crippen LogP contribution is -2.24. The van der Waals surface area contributed by atoms with Gasteiger partial charge in [-0.2, -0.15) is 13.2 Å². The van der Waals surface area contributed by atoms with Crippen LogP contribution in [0.1, 0.15) is 11.1 Å². The number of hydrogen-bond donors (Lipinski definition) is 0. The number of aromatic nitrogens is 4. The van der Waals surface area contributed by atoms with E-state index in [1.165, 1.54) is 28.8 Å². The smallest absolute Gasteiger partial charge is 0.272 e. The van der Waals surface area contributed by atoms with E-state index in [-0.39, 0.29) is 17.9 Å². The Balaban J connectivity index is 1.74. The Morgan fingerprint density at radius 2 is 1.53 bits per heavy atom. The normalized spacial score (nSPS) is 12.0. The van der Waals surface area contributed by atoms with E-state index in [9.17, 15) is 22.4 Å². The van der Waals surface area contributed by atoms with E-state index in [4.69, 9.17) is 0 Å². The van der Waals surface area contributed by atoms with Crippen molar-refractivity contribution in [1.82, 2.24) is 19.2 Å². The fourth-order valence-electron chi connectivity index (χ4n) is 3.67. The van der Waals surface area contributed by atoms with Crippen molar-refractivity contribution in [2.45, 2.75) is 12.7 Å². The summed E-state index contributed by atoms with van der Waals surface area (Å²) in [6, 6.07) is 17.2. The summed E-state index contributed by atoms with van der Waals surface area (Å²) >= 11 is 0. The Morgan fingerprint density at radius 1 is 0.844 bits per heavy atom. The second-order valence-electron chi connectivity index (χ2n) is 7.27. The van der Waals surface area contributed by atoms with Gasteiger partial charge in [0.1, 0.15) is 5.82 Å². The van der Waals surface area contributed by atoms with E-state index in [0.717, 1.165) is 12.1 Å². The Labute approximate surface area is 178 Å². The van der Waals surface area contributed by atoms with Crippen LogP contribution in [0.15, 0.2) is 77.6 Å². The van der Waals surface area contributed by atoms with Crippen LogP contribution < -0.4 is 5.56 Å². The highest BCUT2D eigenvalue weighted by Gasteiger charge is 2.30. The number of nitrogens with zero attached hydrogens (tertiary/aromatic N) is 4. The molecule has 5 aromatic rings. The minimum atomic E-state index is -4.45. The zero-order valence-electron chi connectivity index (χ0n) is 16.3. The molecule has 5 rings (SSSR count). The minimum Gasteiger partial charge on any atom is -0.272 e. The van der Waals surface area contributed by atoms with E-state index in [1.807, 2.05) is 0 Å². The molecule has 160 valence electrons. The lowest BCUT2D eigenvalue weighted by Gasteiger charge is -2.12. The molecule has 0 aliphatic heterocycles. The molecule has 0 amide bonds. The number of alkyl halides is 3. The molecule has 0 N–H and O–H groups in total. The van der Waals surface area contributed by atoms with Crippen molar-refractivity contribution in [2.75, 3.05) is 0 Å². The van der Waals surface area contributed by atoms with Gasteiger partial charge in [-0.25, -0.2) is 4.39 Å². The van der Waals surface area contributed by atoms with Crippen molar-refractivity contribution < 1.29 is 17.6 Å². The Bertz CT molecular complexity index is 1500. The Morgan fingerprint density at radius 3 is 2.22 bits per heavy atom. The molecule has 0 bridgehead atoms. The van der Waals surface area contributed by atoms with Crippen molar-refractivity contribution in [3.8, 4) is 11.4 Å². The van der Waals surface area contributed by atoms with Gasteiger partial charge in [-0.1, -0.05) is 36.4 Å². The summed E-state index contributed by atoms with van der Waals surface area (Å²) in [5.74, 6) is 0.141. The molecule has 0 aliphatic rings. The number of halogens is 4. The van der Waals surface area contributed by atoms with Crippen LogP contribution in [-0.4, -0.2) is 19.2 Å². The van der Waals surface area contributed by atoms with Gasteiger partial charge in [0.2, 0.25) is 5.78 Å². The van der Waals surface area contributed by atoms with E-state index < -0.39 is 17.6 Å². The van der Waals surface area contributed by atoms with Crippen LogP contribution in [0.4, 0.5) is 17.6 Å². The van der Waals surface area contributed by atoms with Crippen LogP contribution in [0.3, 0.4) is 0 Å². The first kappa shape index (κ1) is 19.9.